The molecule has 0 spiro atoms. The molecule has 0 radical (unpaired) electrons. The minimum absolute atomic E-state index is 0.0180. The Morgan fingerprint density at radius 1 is 1.30 bits per heavy atom. The van der Waals surface area contributed by atoms with Gasteiger partial charge in [-0.05, 0) is 38.6 Å². The summed E-state index contributed by atoms with van der Waals surface area (Å²) in [4.78, 5) is 4.04. The first-order valence-corrected chi connectivity index (χ1v) is 12.4. The summed E-state index contributed by atoms with van der Waals surface area (Å²) in [6.45, 7) is 12.1. The van der Waals surface area contributed by atoms with E-state index in [1.54, 1.807) is 34.9 Å². The number of aromatic nitrogens is 5. The van der Waals surface area contributed by atoms with Gasteiger partial charge >= 0.3 is 0 Å². The second-order valence-electron chi connectivity index (χ2n) is 7.18. The number of likely N-dealkylation sites (N-methyl/N-ethyl adjacent to an activating group) is 1. The Labute approximate surface area is 218 Å². The smallest absolute Gasteiger partial charge is 0.261 e. The molecule has 0 aromatic carbocycles. The van der Waals surface area contributed by atoms with Crippen molar-refractivity contribution in [3.63, 3.8) is 0 Å². The molecule has 0 saturated carbocycles. The summed E-state index contributed by atoms with van der Waals surface area (Å²) in [5.74, 6) is 0.553. The third-order valence-corrected chi connectivity index (χ3v) is 4.93. The standard InChI is InChI=1S/C22H26F2N8O.2C2H6/c1-4-5-18(31-12-17(10-25)28-14-31)7-9-21(26-3)33-13-19-15(2)29-30-32(19)20-8-6-16(11-27-20)22(23)24;2*1-2/h5-9,12,14,21-22,26-27H,4,11,13H2,1-3H3;2*1-2H3/b9-7-,18-5?;;. The molecule has 2 aromatic heterocycles. The van der Waals surface area contributed by atoms with Crippen LogP contribution >= 0.6 is 0 Å². The van der Waals surface area contributed by atoms with Crippen molar-refractivity contribution >= 4 is 11.5 Å². The molecule has 0 amide bonds. The van der Waals surface area contributed by atoms with Gasteiger partial charge in [-0.25, -0.2) is 13.8 Å². The lowest BCUT2D eigenvalue weighted by Gasteiger charge is -2.19. The van der Waals surface area contributed by atoms with Crippen molar-refractivity contribution in [1.29, 1.82) is 5.26 Å². The van der Waals surface area contributed by atoms with Gasteiger partial charge in [0.1, 0.15) is 24.4 Å². The molecule has 1 unspecified atom stereocenters. The van der Waals surface area contributed by atoms with Gasteiger partial charge in [0.15, 0.2) is 5.69 Å². The van der Waals surface area contributed by atoms with Gasteiger partial charge in [0.05, 0.1) is 18.0 Å². The Bertz CT molecular complexity index is 1120. The van der Waals surface area contributed by atoms with Crippen LogP contribution in [0.5, 0.6) is 0 Å². The van der Waals surface area contributed by atoms with E-state index in [2.05, 4.69) is 25.9 Å². The summed E-state index contributed by atoms with van der Waals surface area (Å²) in [7, 11) is 1.77. The van der Waals surface area contributed by atoms with Gasteiger partial charge in [0.2, 0.25) is 0 Å². The van der Waals surface area contributed by atoms with E-state index in [4.69, 9.17) is 10.00 Å². The van der Waals surface area contributed by atoms with Crippen LogP contribution in [0.2, 0.25) is 0 Å². The number of allylic oxidation sites excluding steroid dienone is 5. The fourth-order valence-electron chi connectivity index (χ4n) is 3.11. The molecule has 2 aromatic rings. The van der Waals surface area contributed by atoms with Gasteiger partial charge in [-0.2, -0.15) is 9.94 Å². The first kappa shape index (κ1) is 31.4. The van der Waals surface area contributed by atoms with Crippen LogP contribution in [0.1, 0.15) is 58.1 Å². The second kappa shape index (κ2) is 16.9. The lowest BCUT2D eigenvalue weighted by Crippen LogP contribution is -2.28. The fourth-order valence-corrected chi connectivity index (χ4v) is 3.11. The lowest BCUT2D eigenvalue weighted by molar-refractivity contribution is 0.0517. The molecular weight excluding hydrogens is 478 g/mol. The maximum Gasteiger partial charge on any atom is 0.261 e. The topological polar surface area (TPSA) is 106 Å². The van der Waals surface area contributed by atoms with E-state index in [0.29, 0.717) is 22.9 Å². The van der Waals surface area contributed by atoms with Gasteiger partial charge in [0.25, 0.3) is 6.43 Å². The number of hydrogen-bond donors (Lipinski definition) is 2. The molecule has 0 fully saturated rings. The molecule has 1 aliphatic heterocycles. The number of ether oxygens (including phenoxy) is 1. The van der Waals surface area contributed by atoms with E-state index in [-0.39, 0.29) is 18.7 Å². The van der Waals surface area contributed by atoms with Crippen LogP contribution in [0, 0.1) is 18.3 Å². The average molecular weight is 517 g/mol. The van der Waals surface area contributed by atoms with E-state index in [1.165, 1.54) is 6.08 Å². The van der Waals surface area contributed by atoms with Crippen LogP contribution in [0.15, 0.2) is 48.5 Å². The third-order valence-electron chi connectivity index (χ3n) is 4.93. The minimum atomic E-state index is -2.50. The van der Waals surface area contributed by atoms with E-state index < -0.39 is 12.7 Å². The molecule has 3 rings (SSSR count). The van der Waals surface area contributed by atoms with Crippen LogP contribution in [0.4, 0.5) is 8.78 Å². The number of dihydropyridines is 1. The van der Waals surface area contributed by atoms with Gasteiger partial charge < -0.3 is 14.6 Å². The van der Waals surface area contributed by atoms with Crippen molar-refractivity contribution in [2.24, 2.45) is 0 Å². The second-order valence-corrected chi connectivity index (χ2v) is 7.18. The molecule has 0 saturated heterocycles. The van der Waals surface area contributed by atoms with Gasteiger partial charge in [-0.1, -0.05) is 52.0 Å². The monoisotopic (exact) mass is 516 g/mol. The minimum Gasteiger partial charge on any atom is -0.366 e. The number of halogens is 2. The Morgan fingerprint density at radius 3 is 2.57 bits per heavy atom. The maximum absolute atomic E-state index is 12.9. The SMILES string of the molecule is CC.CC.CCC=C(/C=C\C(NC)OCc1c(C)nnn1C1=CC=C(C(F)F)CN1)n1cnc(C#N)c1. The lowest BCUT2D eigenvalue weighted by atomic mass is 10.2. The van der Waals surface area contributed by atoms with Crippen molar-refractivity contribution < 1.29 is 13.5 Å². The predicted octanol–water partition coefficient (Wildman–Crippen LogP) is 4.87. The quantitative estimate of drug-likeness (QED) is 0.343. The summed E-state index contributed by atoms with van der Waals surface area (Å²) in [6, 6.07) is 2.02. The number of nitrogens with one attached hydrogen (secondary N) is 2. The summed E-state index contributed by atoms with van der Waals surface area (Å²) in [5, 5.41) is 23.2. The highest BCUT2D eigenvalue weighted by Crippen LogP contribution is 2.18. The molecule has 0 bridgehead atoms. The first-order valence-electron chi connectivity index (χ1n) is 12.4. The molecule has 0 aliphatic carbocycles. The van der Waals surface area contributed by atoms with Crippen molar-refractivity contribution in [1.82, 2.24) is 35.2 Å². The number of nitriles is 1. The largest absolute Gasteiger partial charge is 0.366 e. The van der Waals surface area contributed by atoms with E-state index in [9.17, 15) is 8.78 Å². The Hall–Kier alpha value is -3.62. The maximum atomic E-state index is 12.9. The van der Waals surface area contributed by atoms with Crippen LogP contribution < -0.4 is 10.6 Å². The molecule has 2 N–H and O–H groups in total. The van der Waals surface area contributed by atoms with Crippen molar-refractivity contribution in [3.05, 3.63) is 65.6 Å². The zero-order valence-electron chi connectivity index (χ0n) is 22.7. The summed E-state index contributed by atoms with van der Waals surface area (Å²) < 4.78 is 35.1. The normalized spacial score (nSPS) is 14.0. The van der Waals surface area contributed by atoms with Crippen molar-refractivity contribution in [3.8, 4) is 6.07 Å². The molecule has 37 heavy (non-hydrogen) atoms. The number of imidazole rings is 1. The molecule has 9 nitrogen and oxygen atoms in total. The number of alkyl halides is 2. The molecular formula is C26H38F2N8O. The third kappa shape index (κ3) is 9.08. The highest BCUT2D eigenvalue weighted by atomic mass is 19.3. The zero-order chi connectivity index (χ0) is 27.8. The van der Waals surface area contributed by atoms with Crippen molar-refractivity contribution in [2.75, 3.05) is 13.6 Å². The zero-order valence-corrected chi connectivity index (χ0v) is 22.7. The number of nitrogens with zero attached hydrogens (tertiary/aromatic N) is 6. The Morgan fingerprint density at radius 2 is 2.03 bits per heavy atom. The Kier molecular flexibility index (Phi) is 14.4. The summed E-state index contributed by atoms with van der Waals surface area (Å²) >= 11 is 0. The highest BCUT2D eigenvalue weighted by molar-refractivity contribution is 5.57. The Balaban J connectivity index is 0.00000163. The van der Waals surface area contributed by atoms with E-state index in [1.807, 2.05) is 65.8 Å². The van der Waals surface area contributed by atoms with Gasteiger partial charge in [-0.15, -0.1) is 5.10 Å². The van der Waals surface area contributed by atoms with Crippen LogP contribution in [0.25, 0.3) is 11.5 Å². The molecule has 202 valence electrons. The van der Waals surface area contributed by atoms with Gasteiger partial charge in [0, 0.05) is 24.0 Å². The number of rotatable bonds is 10. The average Bonchev–Trinajstić information content (AvgIpc) is 3.57. The summed E-state index contributed by atoms with van der Waals surface area (Å²) in [6.07, 6.45) is 9.83. The van der Waals surface area contributed by atoms with Crippen molar-refractivity contribution in [2.45, 2.75) is 67.2 Å². The van der Waals surface area contributed by atoms with Crippen LogP contribution in [-0.2, 0) is 11.3 Å². The predicted molar refractivity (Wildman–Crippen MR) is 142 cm³/mol. The molecule has 11 heteroatoms. The van der Waals surface area contributed by atoms with Crippen LogP contribution in [0.3, 0.4) is 0 Å². The van der Waals surface area contributed by atoms with Crippen LogP contribution in [-0.4, -0.2) is 50.8 Å². The molecule has 1 aliphatic rings. The molecule has 3 heterocycles. The van der Waals surface area contributed by atoms with Gasteiger partial charge in [-0.3, -0.25) is 5.32 Å². The van der Waals surface area contributed by atoms with E-state index >= 15 is 0 Å². The van der Waals surface area contributed by atoms with E-state index in [0.717, 1.165) is 12.1 Å². The fraction of sp³-hybridized carbons (Fsp3) is 0.462. The molecule has 1 atom stereocenters. The summed E-state index contributed by atoms with van der Waals surface area (Å²) in [5.41, 5.74) is 2.59. The highest BCUT2D eigenvalue weighted by Gasteiger charge is 2.19. The number of hydrogen-bond acceptors (Lipinski definition) is 7. The number of aryl methyl sites for hydroxylation is 1. The first-order chi connectivity index (χ1) is 18.0.